The van der Waals surface area contributed by atoms with Gasteiger partial charge >= 0.3 is 6.09 Å². The Hall–Kier alpha value is -2.59. The van der Waals surface area contributed by atoms with E-state index >= 15 is 0 Å². The monoisotopic (exact) mass is 926 g/mol. The van der Waals surface area contributed by atoms with E-state index in [-0.39, 0.29) is 17.6 Å². The molecule has 0 atom stereocenters. The predicted octanol–water partition coefficient (Wildman–Crippen LogP) is 5.75. The van der Waals surface area contributed by atoms with Gasteiger partial charge in [0.05, 0.1) is 165 Å². The van der Waals surface area contributed by atoms with Crippen molar-refractivity contribution in [3.8, 4) is 11.1 Å². The zero-order valence-corrected chi connectivity index (χ0v) is 40.4. The molecule has 1 aliphatic rings. The molecule has 0 spiro atoms. The second-order valence-electron chi connectivity index (χ2n) is 16.2. The fourth-order valence-corrected chi connectivity index (χ4v) is 6.99. The lowest BCUT2D eigenvalue weighted by Gasteiger charge is -2.36. The second-order valence-corrected chi connectivity index (χ2v) is 21.0. The van der Waals surface area contributed by atoms with E-state index in [4.69, 9.17) is 66.0 Å². The van der Waals surface area contributed by atoms with Crippen molar-refractivity contribution in [2.45, 2.75) is 44.8 Å². The number of ether oxygens (including phenoxy) is 13. The van der Waals surface area contributed by atoms with Crippen molar-refractivity contribution in [2.24, 2.45) is 0 Å². The molecule has 0 bridgehead atoms. The normalized spacial score (nSPS) is 12.8. The molecule has 2 aromatic rings. The van der Waals surface area contributed by atoms with Crippen molar-refractivity contribution in [1.82, 2.24) is 5.32 Å². The van der Waals surface area contributed by atoms with Crippen molar-refractivity contribution in [3.63, 3.8) is 0 Å². The van der Waals surface area contributed by atoms with Crippen LogP contribution in [-0.4, -0.2) is 193 Å². The van der Waals surface area contributed by atoms with E-state index in [0.717, 1.165) is 0 Å². The zero-order valence-electron chi connectivity index (χ0n) is 39.4. The molecule has 0 radical (unpaired) electrons. The average Bonchev–Trinajstić information content (AvgIpc) is 3.60. The summed E-state index contributed by atoms with van der Waals surface area (Å²) in [5, 5.41) is 2.96. The van der Waals surface area contributed by atoms with Crippen molar-refractivity contribution in [3.05, 3.63) is 59.7 Å². The third kappa shape index (κ3) is 25.4. The smallest absolute Gasteiger partial charge is 0.407 e. The average molecular weight is 926 g/mol. The van der Waals surface area contributed by atoms with E-state index in [0.29, 0.717) is 172 Å². The molecule has 0 heterocycles. The van der Waals surface area contributed by atoms with E-state index in [9.17, 15) is 4.79 Å². The first kappa shape index (κ1) is 55.7. The molecular formula is C47H79NO15Si. The minimum Gasteiger partial charge on any atom is -0.449 e. The molecule has 3 rings (SSSR count). The highest BCUT2D eigenvalue weighted by atomic mass is 28.4. The van der Waals surface area contributed by atoms with Crippen LogP contribution in [0.2, 0.25) is 18.1 Å². The highest BCUT2D eigenvalue weighted by molar-refractivity contribution is 6.74. The summed E-state index contributed by atoms with van der Waals surface area (Å²) in [7, 11) is -1.71. The van der Waals surface area contributed by atoms with Crippen LogP contribution in [0.5, 0.6) is 0 Å². The summed E-state index contributed by atoms with van der Waals surface area (Å²) in [4.78, 5) is 12.3. The number of carbonyl (C=O) groups is 1. The van der Waals surface area contributed by atoms with Crippen molar-refractivity contribution in [1.29, 1.82) is 0 Å². The van der Waals surface area contributed by atoms with E-state index in [2.05, 4.69) is 63.4 Å². The maximum absolute atomic E-state index is 12.3. The molecule has 1 aliphatic carbocycles. The second kappa shape index (κ2) is 35.6. The van der Waals surface area contributed by atoms with Gasteiger partial charge in [0.25, 0.3) is 0 Å². The van der Waals surface area contributed by atoms with Crippen LogP contribution >= 0.6 is 0 Å². The minimum atomic E-state index is -1.71. The Balaban J connectivity index is 0.917. The standard InChI is InChI=1S/C47H79NO15Si/c1-47(2,3)64(4,5)63-39-38-61-37-36-60-35-34-59-33-32-58-31-30-57-29-28-56-27-26-55-25-24-54-23-22-53-21-20-52-19-18-51-17-16-50-15-14-48-46(49)62-40-45-43-12-8-6-10-41(43)42-11-7-9-13-44(42)45/h6-13,45H,14-40H2,1-5H3,(H,48,49). The molecule has 0 aromatic heterocycles. The fraction of sp³-hybridized carbons (Fsp3) is 0.723. The third-order valence-corrected chi connectivity index (χ3v) is 15.0. The fourth-order valence-electron chi connectivity index (χ4n) is 5.97. The molecule has 0 unspecified atom stereocenters. The molecular weight excluding hydrogens is 847 g/mol. The summed E-state index contributed by atoms with van der Waals surface area (Å²) in [5.74, 6) is 0.0340. The number of benzene rings is 2. The Morgan fingerprint density at radius 2 is 0.734 bits per heavy atom. The van der Waals surface area contributed by atoms with Gasteiger partial charge in [0.1, 0.15) is 6.61 Å². The Bertz CT molecular complexity index is 1400. The summed E-state index contributed by atoms with van der Waals surface area (Å²) >= 11 is 0. The van der Waals surface area contributed by atoms with Crippen LogP contribution < -0.4 is 5.32 Å². The highest BCUT2D eigenvalue weighted by Gasteiger charge is 2.37. The van der Waals surface area contributed by atoms with E-state index in [1.165, 1.54) is 22.3 Å². The van der Waals surface area contributed by atoms with Gasteiger partial charge in [0.2, 0.25) is 0 Å². The molecule has 0 aliphatic heterocycles. The Morgan fingerprint density at radius 3 is 1.05 bits per heavy atom. The van der Waals surface area contributed by atoms with Crippen LogP contribution in [0.15, 0.2) is 48.5 Å². The van der Waals surface area contributed by atoms with Gasteiger partial charge < -0.3 is 71.3 Å². The molecule has 1 amide bonds. The quantitative estimate of drug-likeness (QED) is 0.0634. The highest BCUT2D eigenvalue weighted by Crippen LogP contribution is 2.44. The lowest BCUT2D eigenvalue weighted by atomic mass is 9.98. The maximum atomic E-state index is 12.3. The zero-order chi connectivity index (χ0) is 45.8. The summed E-state index contributed by atoms with van der Waals surface area (Å²) in [6, 6.07) is 16.5. The van der Waals surface area contributed by atoms with Crippen LogP contribution in [0.25, 0.3) is 11.1 Å². The SMILES string of the molecule is CC(C)(C)[Si](C)(C)OCCOCCOCCOCCOCCOCCOCCOCCOCCOCCOCCOCCOCCNC(=O)OCC1c2ccccc2-c2ccccc21. The molecule has 0 saturated carbocycles. The lowest BCUT2D eigenvalue weighted by Crippen LogP contribution is -2.41. The van der Waals surface area contributed by atoms with Gasteiger partial charge in [0, 0.05) is 12.5 Å². The Kier molecular flexibility index (Phi) is 31.0. The predicted molar refractivity (Wildman–Crippen MR) is 246 cm³/mol. The molecule has 0 fully saturated rings. The van der Waals surface area contributed by atoms with E-state index in [1.54, 1.807) is 0 Å². The number of alkyl carbamates (subject to hydrolysis) is 1. The topological polar surface area (TPSA) is 158 Å². The minimum absolute atomic E-state index is 0.0340. The first-order valence-corrected chi connectivity index (χ1v) is 25.8. The van der Waals surface area contributed by atoms with Crippen molar-refractivity contribution < 1.29 is 70.8 Å². The number of rotatable bonds is 42. The first-order chi connectivity index (χ1) is 31.2. The molecule has 1 N–H and O–H groups in total. The van der Waals surface area contributed by atoms with Crippen molar-refractivity contribution in [2.75, 3.05) is 178 Å². The summed E-state index contributed by atoms with van der Waals surface area (Å²) < 4.78 is 78.0. The van der Waals surface area contributed by atoms with Crippen LogP contribution in [0.1, 0.15) is 37.8 Å². The molecule has 2 aromatic carbocycles. The van der Waals surface area contributed by atoms with Crippen LogP contribution in [0, 0.1) is 0 Å². The Labute approximate surface area is 383 Å². The number of hydrogen-bond donors (Lipinski definition) is 1. The van der Waals surface area contributed by atoms with Crippen molar-refractivity contribution >= 4 is 14.4 Å². The number of carbonyl (C=O) groups excluding carboxylic acids is 1. The Morgan fingerprint density at radius 1 is 0.453 bits per heavy atom. The summed E-state index contributed by atoms with van der Waals surface area (Å²) in [6.45, 7) is 24.2. The lowest BCUT2D eigenvalue weighted by molar-refractivity contribution is -0.0285. The molecule has 17 heteroatoms. The summed E-state index contributed by atoms with van der Waals surface area (Å²) in [6.07, 6.45) is -0.454. The van der Waals surface area contributed by atoms with Gasteiger partial charge in [0.15, 0.2) is 8.32 Å². The van der Waals surface area contributed by atoms with E-state index in [1.807, 2.05) is 24.3 Å². The van der Waals surface area contributed by atoms with Crippen LogP contribution in [-0.2, 0) is 66.0 Å². The molecule has 0 saturated heterocycles. The maximum Gasteiger partial charge on any atom is 0.407 e. The van der Waals surface area contributed by atoms with Crippen LogP contribution in [0.4, 0.5) is 4.79 Å². The van der Waals surface area contributed by atoms with Gasteiger partial charge in [-0.2, -0.15) is 0 Å². The number of fused-ring (bicyclic) bond motifs is 3. The summed E-state index contributed by atoms with van der Waals surface area (Å²) in [5.41, 5.74) is 4.77. The largest absolute Gasteiger partial charge is 0.449 e. The van der Waals surface area contributed by atoms with Gasteiger partial charge in [-0.3, -0.25) is 0 Å². The first-order valence-electron chi connectivity index (χ1n) is 22.9. The number of hydrogen-bond acceptors (Lipinski definition) is 15. The molecule has 16 nitrogen and oxygen atoms in total. The van der Waals surface area contributed by atoms with Gasteiger partial charge in [-0.1, -0.05) is 69.3 Å². The van der Waals surface area contributed by atoms with Crippen LogP contribution in [0.3, 0.4) is 0 Å². The number of amides is 1. The third-order valence-electron chi connectivity index (χ3n) is 10.4. The van der Waals surface area contributed by atoms with E-state index < -0.39 is 14.4 Å². The number of nitrogens with one attached hydrogen (secondary N) is 1. The molecule has 64 heavy (non-hydrogen) atoms. The van der Waals surface area contributed by atoms with Gasteiger partial charge in [-0.15, -0.1) is 0 Å². The van der Waals surface area contributed by atoms with Gasteiger partial charge in [-0.25, -0.2) is 4.79 Å². The van der Waals surface area contributed by atoms with Gasteiger partial charge in [-0.05, 0) is 40.4 Å². The molecule has 366 valence electrons.